The van der Waals surface area contributed by atoms with Gasteiger partial charge < -0.3 is 79.0 Å². The standard InChI is InChI=1S/C69H74F2N14O24S3/c1-33(86)24-46(80-51(88)18-17-50(87)79-44-10-7-8-36-37(19-22-76-55(36)44)61(94)78-30-53(90)85-32-68(70,71)28-35(85)29-73)63(96)81-45(9-3-4-20-72)62(95)82-47(26-54(91)92)64(97)83-48(66(99)100)31-110-49-27-52(89)84(65(49)98)23-6-2-5-21-77-60(93)34-11-12-39-38(25-34)67(101)109-69(39)40-13-15-42(74)58(111(102,103)104)56(40)108-57-41(69)14-16-43(75)59(57)112(105,106)107/h7-8,10-16,19,22,25,35,45-49H,2-6,9,17-18,20-21,23-24,26-28,30-32,72,74-75H2,1H3,(H,77,93)(H,78,94)(H,79,87)(H,80,88)(H,81,96)(H,82,95)(H,83,97)(H,91,92)(H,99,100)(H,102,103,104)(H,105,106,107)/t35-,45?,46-,47-,48-,49?/m0/s1. The summed E-state index contributed by atoms with van der Waals surface area (Å²) in [7, 11) is -10.5. The van der Waals surface area contributed by atoms with Crippen molar-refractivity contribution in [3.05, 3.63) is 106 Å². The maximum atomic E-state index is 14.0. The number of imide groups is 1. The molecule has 10 amide bonds. The van der Waals surface area contributed by atoms with Crippen LogP contribution in [0.1, 0.15) is 132 Å². The number of benzene rings is 4. The monoisotopic (exact) mass is 1620 g/mol. The molecule has 6 atom stereocenters. The minimum atomic E-state index is -5.26. The van der Waals surface area contributed by atoms with Crippen molar-refractivity contribution in [3.8, 4) is 17.6 Å². The van der Waals surface area contributed by atoms with Crippen LogP contribution in [-0.4, -0.2) is 214 Å². The SMILES string of the molecule is CC(=O)C[C@H](NC(=O)CCC(=O)Nc1cccc2c(C(=O)NCC(=O)N3CC(F)(F)C[C@H]3C#N)ccnc12)C(=O)NC(CCCCN)C(=O)N[C@@H](CC(=O)O)C(=O)N[C@@H](CSC1CC(=O)N(CCCCCNC(=O)c2ccc3c(c2)C(=O)OC32c3ccc(N)c(S(=O)(=O)O)c3Oc3c2ccc(N)c3S(=O)(=O)O)C1=O)C(=O)O. The van der Waals surface area contributed by atoms with Gasteiger partial charge in [0.25, 0.3) is 38.0 Å². The molecule has 2 unspecified atom stereocenters. The van der Waals surface area contributed by atoms with Gasteiger partial charge in [-0.05, 0) is 101 Å². The molecule has 5 heterocycles. The van der Waals surface area contributed by atoms with Gasteiger partial charge in [0.1, 0.15) is 36.0 Å². The maximum Gasteiger partial charge on any atom is 0.340 e. The summed E-state index contributed by atoms with van der Waals surface area (Å²) in [5.41, 5.74) is 13.3. The van der Waals surface area contributed by atoms with Crippen LogP contribution in [0.3, 0.4) is 0 Å². The molecule has 1 spiro atoms. The Hall–Kier alpha value is -11.9. The average Bonchev–Trinajstić information content (AvgIpc) is 1.39. The molecule has 596 valence electrons. The Bertz CT molecular complexity index is 4920. The topological polar surface area (TPSA) is 612 Å². The fraction of sp³-hybridized carbons (Fsp3) is 0.391. The number of thioether (sulfide) groups is 1. The number of Topliss-reactive ketones (excluding diaryl/α,β-unsaturated/α-hetero) is 1. The zero-order valence-electron chi connectivity index (χ0n) is 59.1. The number of nitrogens with one attached hydrogen (secondary N) is 7. The molecule has 4 aromatic carbocycles. The first-order valence-electron chi connectivity index (χ1n) is 34.3. The number of unbranched alkanes of at least 4 members (excludes halogenated alkanes) is 3. The van der Waals surface area contributed by atoms with Crippen LogP contribution in [0.2, 0.25) is 0 Å². The molecule has 43 heteroatoms. The Balaban J connectivity index is 0.747. The van der Waals surface area contributed by atoms with Crippen molar-refractivity contribution in [2.75, 3.05) is 55.3 Å². The van der Waals surface area contributed by atoms with Crippen LogP contribution in [-0.2, 0) is 83.3 Å². The number of nitrogen functional groups attached to an aromatic ring is 2. The number of fused-ring (bicyclic) bond motifs is 7. The van der Waals surface area contributed by atoms with Gasteiger partial charge in [-0.1, -0.05) is 18.2 Å². The van der Waals surface area contributed by atoms with Crippen molar-refractivity contribution in [1.82, 2.24) is 46.7 Å². The van der Waals surface area contributed by atoms with Crippen molar-refractivity contribution >= 4 is 143 Å². The van der Waals surface area contributed by atoms with E-state index in [0.717, 1.165) is 30.0 Å². The van der Waals surface area contributed by atoms with Crippen molar-refractivity contribution in [3.63, 3.8) is 0 Å². The summed E-state index contributed by atoms with van der Waals surface area (Å²) < 4.78 is 111. The summed E-state index contributed by atoms with van der Waals surface area (Å²) in [5.74, 6) is -19.6. The lowest BCUT2D eigenvalue weighted by Gasteiger charge is -2.37. The predicted octanol–water partition coefficient (Wildman–Crippen LogP) is 0.736. The van der Waals surface area contributed by atoms with Crippen LogP contribution in [0.4, 0.5) is 25.8 Å². The van der Waals surface area contributed by atoms with Gasteiger partial charge in [-0.25, -0.2) is 18.4 Å². The summed E-state index contributed by atoms with van der Waals surface area (Å²) in [6.45, 7) is -0.636. The molecule has 0 aliphatic carbocycles. The molecule has 2 fully saturated rings. The van der Waals surface area contributed by atoms with Crippen LogP contribution in [0, 0.1) is 11.3 Å². The Labute approximate surface area is 638 Å². The lowest BCUT2D eigenvalue weighted by Crippen LogP contribution is -2.58. The number of carboxylic acids is 2. The lowest BCUT2D eigenvalue weighted by molar-refractivity contribution is -0.143. The zero-order valence-corrected chi connectivity index (χ0v) is 61.5. The van der Waals surface area contributed by atoms with E-state index in [9.17, 15) is 117 Å². The number of para-hydroxylation sites is 1. The number of carbonyl (C=O) groups is 14. The number of amides is 10. The highest BCUT2D eigenvalue weighted by molar-refractivity contribution is 8.00. The number of carboxylic acid groups (broad SMARTS) is 2. The minimum absolute atomic E-state index is 0.0133. The van der Waals surface area contributed by atoms with Gasteiger partial charge in [0, 0.05) is 84.8 Å². The number of hydrogen-bond acceptors (Lipinski definition) is 26. The van der Waals surface area contributed by atoms with Gasteiger partial charge >= 0.3 is 17.9 Å². The van der Waals surface area contributed by atoms with E-state index >= 15 is 0 Å². The molecule has 1 aromatic heterocycles. The Morgan fingerprint density at radius 3 is 1.97 bits per heavy atom. The molecule has 17 N–H and O–H groups in total. The number of hydrogen-bond donors (Lipinski definition) is 14. The van der Waals surface area contributed by atoms with E-state index in [-0.39, 0.29) is 108 Å². The van der Waals surface area contributed by atoms with E-state index in [1.165, 1.54) is 54.7 Å². The number of likely N-dealkylation sites (tertiary alicyclic amines) is 2. The molecule has 2 saturated heterocycles. The lowest BCUT2D eigenvalue weighted by atomic mass is 9.77. The Morgan fingerprint density at radius 1 is 0.741 bits per heavy atom. The largest absolute Gasteiger partial charge is 0.481 e. The summed E-state index contributed by atoms with van der Waals surface area (Å²) in [6, 6.07) is 6.89. The summed E-state index contributed by atoms with van der Waals surface area (Å²) in [5, 5.41) is 45.0. The highest BCUT2D eigenvalue weighted by atomic mass is 32.2. The van der Waals surface area contributed by atoms with Crippen LogP contribution >= 0.6 is 11.8 Å². The van der Waals surface area contributed by atoms with E-state index in [1.807, 2.05) is 0 Å². The molecular weight excluding hydrogens is 1540 g/mol. The molecule has 112 heavy (non-hydrogen) atoms. The number of pyridine rings is 1. The number of halogens is 2. The Morgan fingerprint density at radius 2 is 1.36 bits per heavy atom. The third-order valence-electron chi connectivity index (χ3n) is 18.3. The number of carbonyl (C=O) groups excluding carboxylic acids is 12. The molecule has 5 aromatic rings. The molecule has 38 nitrogen and oxygen atoms in total. The second-order valence-corrected chi connectivity index (χ2v) is 30.2. The van der Waals surface area contributed by atoms with Gasteiger partial charge in [-0.2, -0.15) is 22.1 Å². The molecule has 9 rings (SSSR count). The van der Waals surface area contributed by atoms with E-state index in [0.29, 0.717) is 23.1 Å². The molecule has 0 bridgehead atoms. The van der Waals surface area contributed by atoms with Crippen LogP contribution in [0.5, 0.6) is 11.5 Å². The first-order valence-corrected chi connectivity index (χ1v) is 38.2. The van der Waals surface area contributed by atoms with E-state index < -0.39 is 234 Å². The third-order valence-corrected chi connectivity index (χ3v) is 21.4. The number of alkyl halides is 2. The second-order valence-electron chi connectivity index (χ2n) is 26.3. The fourth-order valence-electron chi connectivity index (χ4n) is 13.0. The van der Waals surface area contributed by atoms with Crippen molar-refractivity contribution < 1.29 is 122 Å². The number of esters is 1. The molecule has 4 aliphatic heterocycles. The van der Waals surface area contributed by atoms with Crippen LogP contribution in [0.25, 0.3) is 10.9 Å². The van der Waals surface area contributed by atoms with Gasteiger partial charge in [0.2, 0.25) is 47.3 Å². The summed E-state index contributed by atoms with van der Waals surface area (Å²) in [6.07, 6.45) is -1.96. The summed E-state index contributed by atoms with van der Waals surface area (Å²) >= 11 is 0.685. The highest BCUT2D eigenvalue weighted by Gasteiger charge is 2.56. The smallest absolute Gasteiger partial charge is 0.340 e. The highest BCUT2D eigenvalue weighted by Crippen LogP contribution is 2.60. The van der Waals surface area contributed by atoms with Gasteiger partial charge in [0.05, 0.1) is 64.5 Å². The molecule has 0 radical (unpaired) electrons. The van der Waals surface area contributed by atoms with Crippen molar-refractivity contribution in [1.29, 1.82) is 5.26 Å². The number of ether oxygens (including phenoxy) is 2. The number of anilines is 3. The fourth-order valence-corrected chi connectivity index (χ4v) is 15.7. The first kappa shape index (κ1) is 84.2. The number of aromatic nitrogens is 1. The number of ketones is 1. The normalized spacial score (nSPS) is 16.9. The quantitative estimate of drug-likeness (QED) is 0.00874. The van der Waals surface area contributed by atoms with Crippen molar-refractivity contribution in [2.45, 2.75) is 141 Å². The second kappa shape index (κ2) is 35.0. The third kappa shape index (κ3) is 19.3. The number of aliphatic carboxylic acids is 2. The Kier molecular flexibility index (Phi) is 26.3. The average molecular weight is 1620 g/mol. The van der Waals surface area contributed by atoms with Gasteiger partial charge in [-0.3, -0.25) is 76.5 Å². The molecular formula is C69H74F2N14O24S3. The number of rotatable bonds is 35. The number of nitrogens with two attached hydrogens (primary N) is 3. The van der Waals surface area contributed by atoms with Gasteiger partial charge in [-0.15, -0.1) is 11.8 Å². The van der Waals surface area contributed by atoms with Crippen LogP contribution in [0.15, 0.2) is 82.7 Å². The van der Waals surface area contributed by atoms with E-state index in [4.69, 9.17) is 26.7 Å². The first-order chi connectivity index (χ1) is 52.8. The molecule has 4 aliphatic rings. The predicted molar refractivity (Wildman–Crippen MR) is 385 cm³/mol. The number of nitriles is 1. The zero-order chi connectivity index (χ0) is 82.1. The van der Waals surface area contributed by atoms with E-state index in [2.05, 4.69) is 42.2 Å². The minimum Gasteiger partial charge on any atom is -0.481 e. The maximum absolute atomic E-state index is 14.0. The van der Waals surface area contributed by atoms with E-state index in [1.54, 1.807) is 6.07 Å². The number of nitrogens with zero attached hydrogens (tertiary/aromatic N) is 4. The van der Waals surface area contributed by atoms with Crippen LogP contribution < -0.4 is 59.2 Å². The molecule has 0 saturated carbocycles. The van der Waals surface area contributed by atoms with Crippen molar-refractivity contribution in [2.24, 2.45) is 5.73 Å². The van der Waals surface area contributed by atoms with Gasteiger partial charge in [0.15, 0.2) is 26.9 Å². The summed E-state index contributed by atoms with van der Waals surface area (Å²) in [4.78, 5) is 189.